The Morgan fingerprint density at radius 2 is 1.68 bits per heavy atom. The standard InChI is InChI=1S/C15H16F3N2O3.CH3.V/c1-11-2-4-12(5-3-11)19-6-8-20(9-7-19)14(22)23-13(10-21)15(16,17)18;;/h2-5,13H,6-9H2,1H3;1H3;/q2*-1;+2. The number of hydrogen-bond donors (Lipinski definition) is 0. The van der Waals surface area contributed by atoms with Gasteiger partial charge in [0.2, 0.25) is 0 Å². The van der Waals surface area contributed by atoms with E-state index in [1.165, 1.54) is 0 Å². The van der Waals surface area contributed by atoms with Crippen LogP contribution in [-0.2, 0) is 28.1 Å². The molecule has 1 aliphatic rings. The van der Waals surface area contributed by atoms with E-state index in [2.05, 4.69) is 4.74 Å². The Labute approximate surface area is 157 Å². The number of benzene rings is 1. The van der Waals surface area contributed by atoms with Gasteiger partial charge in [0.05, 0.1) is 0 Å². The molecule has 1 atom stereocenters. The van der Waals surface area contributed by atoms with Gasteiger partial charge in [-0.05, 0) is 19.1 Å². The summed E-state index contributed by atoms with van der Waals surface area (Å²) >= 11 is 0. The van der Waals surface area contributed by atoms with Crippen LogP contribution in [0.25, 0.3) is 0 Å². The first-order valence-corrected chi connectivity index (χ1v) is 7.03. The van der Waals surface area contributed by atoms with E-state index in [4.69, 9.17) is 0 Å². The summed E-state index contributed by atoms with van der Waals surface area (Å²) in [6.07, 6.45) is -8.24. The van der Waals surface area contributed by atoms with E-state index < -0.39 is 18.4 Å². The normalized spacial score (nSPS) is 15.5. The molecule has 0 saturated carbocycles. The van der Waals surface area contributed by atoms with E-state index in [-0.39, 0.29) is 39.1 Å². The summed E-state index contributed by atoms with van der Waals surface area (Å²) in [5.41, 5.74) is 2.11. The number of nitrogens with zero attached hydrogens (tertiary/aromatic N) is 2. The molecule has 0 spiro atoms. The topological polar surface area (TPSA) is 49.9 Å². The van der Waals surface area contributed by atoms with Gasteiger partial charge in [-0.2, -0.15) is 13.2 Å². The van der Waals surface area contributed by atoms with E-state index in [0.717, 1.165) is 16.2 Å². The van der Waals surface area contributed by atoms with Crippen LogP contribution in [0.2, 0.25) is 0 Å². The average molecular weight is 395 g/mol. The molecule has 1 aromatic rings. The van der Waals surface area contributed by atoms with Gasteiger partial charge in [-0.15, -0.1) is 0 Å². The number of carbonyl (C=O) groups excluding carboxylic acids is 2. The Morgan fingerprint density at radius 3 is 2.12 bits per heavy atom. The number of halogens is 3. The van der Waals surface area contributed by atoms with Crippen molar-refractivity contribution in [2.24, 2.45) is 0 Å². The third kappa shape index (κ3) is 6.28. The molecule has 1 aliphatic heterocycles. The minimum absolute atomic E-state index is 0. The van der Waals surface area contributed by atoms with Crippen LogP contribution in [0, 0.1) is 14.4 Å². The fourth-order valence-electron chi connectivity index (χ4n) is 2.24. The van der Waals surface area contributed by atoms with Crippen LogP contribution in [0.3, 0.4) is 0 Å². The van der Waals surface area contributed by atoms with E-state index in [1.807, 2.05) is 36.1 Å². The number of carbonyl (C=O) groups is 1. The summed E-state index contributed by atoms with van der Waals surface area (Å²) in [6.45, 7) is 3.35. The molecule has 0 bridgehead atoms. The monoisotopic (exact) mass is 395 g/mol. The molecule has 1 radical (unpaired) electrons. The van der Waals surface area contributed by atoms with Crippen LogP contribution in [0.15, 0.2) is 24.3 Å². The largest absolute Gasteiger partial charge is 2.00 e. The van der Waals surface area contributed by atoms with Gasteiger partial charge in [-0.1, -0.05) is 17.7 Å². The number of aryl methyl sites for hydroxylation is 1. The quantitative estimate of drug-likeness (QED) is 0.739. The zero-order valence-electron chi connectivity index (χ0n) is 13.9. The van der Waals surface area contributed by atoms with Crippen molar-refractivity contribution < 1.29 is 46.1 Å². The van der Waals surface area contributed by atoms with Crippen molar-refractivity contribution in [3.8, 4) is 0 Å². The predicted molar refractivity (Wildman–Crippen MR) is 83.4 cm³/mol. The van der Waals surface area contributed by atoms with E-state index in [9.17, 15) is 22.8 Å². The van der Waals surface area contributed by atoms with Crippen molar-refractivity contribution in [3.63, 3.8) is 0 Å². The molecule has 1 heterocycles. The second-order valence-electron chi connectivity index (χ2n) is 5.23. The van der Waals surface area contributed by atoms with E-state index >= 15 is 0 Å². The number of rotatable bonds is 3. The number of piperazine rings is 1. The van der Waals surface area contributed by atoms with Crippen molar-refractivity contribution in [1.82, 2.24) is 4.90 Å². The number of alkyl halides is 3. The maximum atomic E-state index is 12.4. The Kier molecular flexibility index (Phi) is 9.08. The van der Waals surface area contributed by atoms with E-state index in [0.29, 0.717) is 19.4 Å². The summed E-state index contributed by atoms with van der Waals surface area (Å²) < 4.78 is 41.4. The summed E-state index contributed by atoms with van der Waals surface area (Å²) in [7, 11) is 0. The first-order chi connectivity index (χ1) is 10.8. The van der Waals surface area contributed by atoms with Crippen molar-refractivity contribution in [3.05, 3.63) is 37.3 Å². The predicted octanol–water partition coefficient (Wildman–Crippen LogP) is 2.74. The third-order valence-corrected chi connectivity index (χ3v) is 3.56. The number of anilines is 1. The molecule has 1 unspecified atom stereocenters. The molecule has 1 amide bonds. The fraction of sp³-hybridized carbons (Fsp3) is 0.438. The van der Waals surface area contributed by atoms with Gasteiger partial charge in [-0.25, -0.2) is 11.1 Å². The van der Waals surface area contributed by atoms with Crippen LogP contribution >= 0.6 is 0 Å². The van der Waals surface area contributed by atoms with Crippen LogP contribution in [0.4, 0.5) is 23.7 Å². The van der Waals surface area contributed by atoms with Gasteiger partial charge in [0, 0.05) is 31.9 Å². The number of ether oxygens (including phenoxy) is 1. The first kappa shape index (κ1) is 23.3. The number of amides is 1. The maximum Gasteiger partial charge on any atom is 2.00 e. The molecule has 9 heteroatoms. The van der Waals surface area contributed by atoms with Gasteiger partial charge in [0.25, 0.3) is 0 Å². The minimum Gasteiger partial charge on any atom is -0.538 e. The molecular formula is C16H19F3N2O3V. The fourth-order valence-corrected chi connectivity index (χ4v) is 2.24. The Hall–Kier alpha value is -1.67. The molecule has 1 fully saturated rings. The Morgan fingerprint density at radius 1 is 1.16 bits per heavy atom. The molecule has 0 N–H and O–H groups in total. The molecule has 5 nitrogen and oxygen atoms in total. The van der Waals surface area contributed by atoms with Crippen LogP contribution in [0.5, 0.6) is 0 Å². The first-order valence-electron chi connectivity index (χ1n) is 7.03. The zero-order valence-corrected chi connectivity index (χ0v) is 15.3. The second-order valence-corrected chi connectivity index (χ2v) is 5.23. The van der Waals surface area contributed by atoms with Gasteiger partial charge in [0.1, 0.15) is 6.10 Å². The molecular weight excluding hydrogens is 376 g/mol. The summed E-state index contributed by atoms with van der Waals surface area (Å²) in [5, 5.41) is 0. The molecule has 137 valence electrons. The van der Waals surface area contributed by atoms with Crippen LogP contribution in [0.1, 0.15) is 5.56 Å². The average Bonchev–Trinajstić information content (AvgIpc) is 2.52. The maximum absolute atomic E-state index is 12.4. The van der Waals surface area contributed by atoms with Gasteiger partial charge in [-0.3, -0.25) is 0 Å². The molecule has 2 rings (SSSR count). The van der Waals surface area contributed by atoms with Crippen molar-refractivity contribution >= 4 is 18.1 Å². The van der Waals surface area contributed by atoms with Crippen LogP contribution < -0.4 is 4.90 Å². The Balaban J connectivity index is 0.00000288. The third-order valence-electron chi connectivity index (χ3n) is 3.56. The zero-order chi connectivity index (χ0) is 17.0. The molecule has 0 aliphatic carbocycles. The van der Waals surface area contributed by atoms with Crippen molar-refractivity contribution in [2.45, 2.75) is 19.2 Å². The van der Waals surface area contributed by atoms with Gasteiger partial charge in [0.15, 0.2) is 0 Å². The van der Waals surface area contributed by atoms with Crippen LogP contribution in [-0.4, -0.2) is 55.7 Å². The Bertz CT molecular complexity index is 559. The van der Waals surface area contributed by atoms with Gasteiger partial charge >= 0.3 is 30.8 Å². The molecule has 0 aromatic heterocycles. The summed E-state index contributed by atoms with van der Waals surface area (Å²) in [6, 6.07) is 7.82. The molecule has 25 heavy (non-hydrogen) atoms. The summed E-state index contributed by atoms with van der Waals surface area (Å²) in [5.74, 6) is 0. The van der Waals surface area contributed by atoms with Gasteiger partial charge < -0.3 is 26.8 Å². The smallest absolute Gasteiger partial charge is 0.538 e. The number of hydrogen-bond acceptors (Lipinski definition) is 4. The molecule has 1 saturated heterocycles. The SMILES string of the molecule is Cc1ccc(N2CCN(C(=O)OC([C-]=O)C(F)(F)F)CC2)cc1.[CH3-].[V+2]. The second kappa shape index (κ2) is 9.72. The van der Waals surface area contributed by atoms with E-state index in [1.54, 1.807) is 0 Å². The molecule has 1 aromatic carbocycles. The summed E-state index contributed by atoms with van der Waals surface area (Å²) in [4.78, 5) is 25.2. The van der Waals surface area contributed by atoms with Crippen molar-refractivity contribution in [1.29, 1.82) is 0 Å². The van der Waals surface area contributed by atoms with Crippen molar-refractivity contribution in [2.75, 3.05) is 31.1 Å². The minimum atomic E-state index is -4.94.